The summed E-state index contributed by atoms with van der Waals surface area (Å²) in [4.78, 5) is 24.9. The largest absolute Gasteiger partial charge is 0.482 e. The summed E-state index contributed by atoms with van der Waals surface area (Å²) in [5.74, 6) is -0.135. The molecule has 0 heterocycles. The molecule has 2 amide bonds. The van der Waals surface area contributed by atoms with E-state index in [1.165, 1.54) is 4.90 Å². The van der Waals surface area contributed by atoms with Crippen LogP contribution in [0.5, 0.6) is 5.75 Å². The molecule has 0 aliphatic heterocycles. The van der Waals surface area contributed by atoms with Crippen molar-refractivity contribution in [3.63, 3.8) is 0 Å². The normalized spacial score (nSPS) is 9.57. The zero-order valence-corrected chi connectivity index (χ0v) is 12.3. The molecule has 0 spiro atoms. The molecule has 0 aliphatic rings. The number of nitrogens with one attached hydrogen (secondary N) is 1. The zero-order chi connectivity index (χ0) is 15.7. The van der Waals surface area contributed by atoms with E-state index in [0.717, 1.165) is 0 Å². The highest BCUT2D eigenvalue weighted by Crippen LogP contribution is 2.16. The lowest BCUT2D eigenvalue weighted by molar-refractivity contribution is -0.137. The summed E-state index contributed by atoms with van der Waals surface area (Å²) in [7, 11) is 0. The van der Waals surface area contributed by atoms with Gasteiger partial charge in [-0.1, -0.05) is 12.1 Å². The van der Waals surface area contributed by atoms with E-state index in [9.17, 15) is 9.59 Å². The van der Waals surface area contributed by atoms with Gasteiger partial charge in [0.25, 0.3) is 5.91 Å². The highest BCUT2D eigenvalue weighted by Gasteiger charge is 2.16. The topological polar surface area (TPSA) is 82.4 Å². The van der Waals surface area contributed by atoms with Gasteiger partial charge in [0.05, 0.1) is 12.1 Å². The van der Waals surface area contributed by atoms with Crippen molar-refractivity contribution in [3.05, 3.63) is 29.8 Å². The minimum atomic E-state index is -0.295. The number of nitriles is 1. The molecule has 0 aliphatic carbocycles. The highest BCUT2D eigenvalue weighted by atomic mass is 16.5. The molecule has 1 aromatic rings. The Bertz CT molecular complexity index is 537. The van der Waals surface area contributed by atoms with Crippen LogP contribution in [-0.4, -0.2) is 43.0 Å². The average Bonchev–Trinajstić information content (AvgIpc) is 2.50. The number of ether oxygens (including phenoxy) is 1. The van der Waals surface area contributed by atoms with E-state index in [1.54, 1.807) is 31.2 Å². The molecular weight excluding hydrogens is 270 g/mol. The Morgan fingerprint density at radius 2 is 2.05 bits per heavy atom. The maximum Gasteiger partial charge on any atom is 0.260 e. The number of amides is 2. The first-order valence-electron chi connectivity index (χ1n) is 6.78. The van der Waals surface area contributed by atoms with E-state index in [2.05, 4.69) is 5.32 Å². The lowest BCUT2D eigenvalue weighted by Crippen LogP contribution is -2.42. The average molecular weight is 289 g/mol. The Balaban J connectivity index is 2.59. The lowest BCUT2D eigenvalue weighted by Gasteiger charge is -2.20. The van der Waals surface area contributed by atoms with Crippen molar-refractivity contribution >= 4 is 11.8 Å². The van der Waals surface area contributed by atoms with Crippen LogP contribution in [0, 0.1) is 11.3 Å². The fraction of sp³-hybridized carbons (Fsp3) is 0.400. The lowest BCUT2D eigenvalue weighted by atomic mass is 10.2. The monoisotopic (exact) mass is 289 g/mol. The van der Waals surface area contributed by atoms with Crippen LogP contribution in [-0.2, 0) is 9.59 Å². The first kappa shape index (κ1) is 16.5. The molecule has 0 fully saturated rings. The molecule has 1 rings (SSSR count). The predicted octanol–water partition coefficient (Wildman–Crippen LogP) is 0.922. The SMILES string of the molecule is CCNC(=O)CN(CC)C(=O)COc1ccccc1C#N. The Labute approximate surface area is 124 Å². The molecule has 0 saturated heterocycles. The second-order valence-electron chi connectivity index (χ2n) is 4.26. The van der Waals surface area contributed by atoms with Gasteiger partial charge in [-0.3, -0.25) is 9.59 Å². The van der Waals surface area contributed by atoms with Gasteiger partial charge in [0.15, 0.2) is 6.61 Å². The van der Waals surface area contributed by atoms with Gasteiger partial charge in [-0.2, -0.15) is 5.26 Å². The predicted molar refractivity (Wildman–Crippen MR) is 77.6 cm³/mol. The van der Waals surface area contributed by atoms with Crippen molar-refractivity contribution in [2.45, 2.75) is 13.8 Å². The van der Waals surface area contributed by atoms with Gasteiger partial charge in [-0.15, -0.1) is 0 Å². The van der Waals surface area contributed by atoms with E-state index in [1.807, 2.05) is 13.0 Å². The molecule has 0 bridgehead atoms. The van der Waals surface area contributed by atoms with Gasteiger partial charge in [-0.25, -0.2) is 0 Å². The van der Waals surface area contributed by atoms with Gasteiger partial charge >= 0.3 is 0 Å². The van der Waals surface area contributed by atoms with Crippen LogP contribution >= 0.6 is 0 Å². The number of rotatable bonds is 7. The first-order valence-corrected chi connectivity index (χ1v) is 6.78. The first-order chi connectivity index (χ1) is 10.1. The third-order valence-corrected chi connectivity index (χ3v) is 2.80. The fourth-order valence-electron chi connectivity index (χ4n) is 1.72. The summed E-state index contributed by atoms with van der Waals surface area (Å²) in [5, 5.41) is 11.6. The summed E-state index contributed by atoms with van der Waals surface area (Å²) < 4.78 is 5.37. The smallest absolute Gasteiger partial charge is 0.260 e. The van der Waals surface area contributed by atoms with E-state index >= 15 is 0 Å². The standard InChI is InChI=1S/C15H19N3O3/c1-3-17-14(19)10-18(4-2)15(20)11-21-13-8-6-5-7-12(13)9-16/h5-8H,3-4,10-11H2,1-2H3,(H,17,19). The molecule has 0 atom stereocenters. The van der Waals surface area contributed by atoms with Crippen LogP contribution in [0.3, 0.4) is 0 Å². The van der Waals surface area contributed by atoms with Crippen LogP contribution < -0.4 is 10.1 Å². The van der Waals surface area contributed by atoms with E-state index in [4.69, 9.17) is 10.00 Å². The van der Waals surface area contributed by atoms with E-state index < -0.39 is 0 Å². The summed E-state index contributed by atoms with van der Waals surface area (Å²) in [5.41, 5.74) is 0.372. The Hall–Kier alpha value is -2.55. The second-order valence-corrected chi connectivity index (χ2v) is 4.26. The summed E-state index contributed by atoms with van der Waals surface area (Å²) in [6.45, 7) is 4.35. The highest BCUT2D eigenvalue weighted by molar-refractivity contribution is 5.85. The molecule has 112 valence electrons. The maximum absolute atomic E-state index is 12.0. The van der Waals surface area contributed by atoms with Gasteiger partial charge in [-0.05, 0) is 26.0 Å². The number of hydrogen-bond acceptors (Lipinski definition) is 4. The van der Waals surface area contributed by atoms with Crippen molar-refractivity contribution in [2.75, 3.05) is 26.2 Å². The van der Waals surface area contributed by atoms with Crippen molar-refractivity contribution in [1.29, 1.82) is 5.26 Å². The van der Waals surface area contributed by atoms with Crippen LogP contribution in [0.15, 0.2) is 24.3 Å². The van der Waals surface area contributed by atoms with Gasteiger partial charge < -0.3 is 15.0 Å². The van der Waals surface area contributed by atoms with Crippen LogP contribution in [0.4, 0.5) is 0 Å². The number of carbonyl (C=O) groups excluding carboxylic acids is 2. The molecule has 6 heteroatoms. The zero-order valence-electron chi connectivity index (χ0n) is 12.3. The molecule has 0 radical (unpaired) electrons. The maximum atomic E-state index is 12.0. The Morgan fingerprint density at radius 1 is 1.33 bits per heavy atom. The van der Waals surface area contributed by atoms with Gasteiger partial charge in [0, 0.05) is 13.1 Å². The third-order valence-electron chi connectivity index (χ3n) is 2.80. The molecule has 0 saturated carbocycles. The number of benzene rings is 1. The second kappa shape index (κ2) is 8.59. The van der Waals surface area contributed by atoms with Crippen LogP contribution in [0.1, 0.15) is 19.4 Å². The molecule has 6 nitrogen and oxygen atoms in total. The number of likely N-dealkylation sites (N-methyl/N-ethyl adjacent to an activating group) is 2. The number of carbonyl (C=O) groups is 2. The molecule has 21 heavy (non-hydrogen) atoms. The van der Waals surface area contributed by atoms with E-state index in [-0.39, 0.29) is 25.0 Å². The fourth-order valence-corrected chi connectivity index (χ4v) is 1.72. The van der Waals surface area contributed by atoms with Gasteiger partial charge in [0.1, 0.15) is 11.8 Å². The van der Waals surface area contributed by atoms with E-state index in [0.29, 0.717) is 24.4 Å². The van der Waals surface area contributed by atoms with Crippen LogP contribution in [0.25, 0.3) is 0 Å². The number of nitrogens with zero attached hydrogens (tertiary/aromatic N) is 2. The Morgan fingerprint density at radius 3 is 2.67 bits per heavy atom. The van der Waals surface area contributed by atoms with Crippen molar-refractivity contribution in [2.24, 2.45) is 0 Å². The summed E-state index contributed by atoms with van der Waals surface area (Å²) >= 11 is 0. The van der Waals surface area contributed by atoms with Crippen LogP contribution in [0.2, 0.25) is 0 Å². The van der Waals surface area contributed by atoms with Crippen molar-refractivity contribution < 1.29 is 14.3 Å². The molecule has 1 N–H and O–H groups in total. The summed E-state index contributed by atoms with van der Waals surface area (Å²) in [6.07, 6.45) is 0. The number of hydrogen-bond donors (Lipinski definition) is 1. The van der Waals surface area contributed by atoms with Gasteiger partial charge in [0.2, 0.25) is 5.91 Å². The minimum absolute atomic E-state index is 0.00638. The molecular formula is C15H19N3O3. The Kier molecular flexibility index (Phi) is 6.75. The molecule has 0 aromatic heterocycles. The molecule has 0 unspecified atom stereocenters. The van der Waals surface area contributed by atoms with Crippen molar-refractivity contribution in [3.8, 4) is 11.8 Å². The minimum Gasteiger partial charge on any atom is -0.482 e. The number of para-hydroxylation sites is 1. The quantitative estimate of drug-likeness (QED) is 0.809. The summed E-state index contributed by atoms with van der Waals surface area (Å²) in [6, 6.07) is 8.70. The third kappa shape index (κ3) is 5.15. The molecule has 1 aromatic carbocycles. The van der Waals surface area contributed by atoms with Crippen molar-refractivity contribution in [1.82, 2.24) is 10.2 Å².